The van der Waals surface area contributed by atoms with E-state index in [2.05, 4.69) is 38.8 Å². The van der Waals surface area contributed by atoms with E-state index in [1.807, 2.05) is 12.1 Å². The Kier molecular flexibility index (Phi) is 5.44. The van der Waals surface area contributed by atoms with Crippen LogP contribution >= 0.6 is 43.5 Å². The summed E-state index contributed by atoms with van der Waals surface area (Å²) >= 11 is 13.1. The molecule has 0 saturated heterocycles. The Balaban J connectivity index is 3.13. The van der Waals surface area contributed by atoms with Crippen molar-refractivity contribution in [3.05, 3.63) is 27.2 Å². The fourth-order valence-corrected chi connectivity index (χ4v) is 3.23. The SMILES string of the molecule is CCCC(Br)c1cc(Cl)cc(Br)c1OC. The molecule has 0 radical (unpaired) electrons. The van der Waals surface area contributed by atoms with E-state index in [1.54, 1.807) is 7.11 Å². The van der Waals surface area contributed by atoms with Crippen molar-refractivity contribution in [2.24, 2.45) is 0 Å². The van der Waals surface area contributed by atoms with Crippen molar-refractivity contribution in [1.82, 2.24) is 0 Å². The van der Waals surface area contributed by atoms with E-state index >= 15 is 0 Å². The average molecular weight is 356 g/mol. The Hall–Kier alpha value is 0.270. The molecule has 0 N–H and O–H groups in total. The normalized spacial score (nSPS) is 12.6. The highest BCUT2D eigenvalue weighted by atomic mass is 79.9. The smallest absolute Gasteiger partial charge is 0.137 e. The lowest BCUT2D eigenvalue weighted by atomic mass is 10.1. The molecule has 1 unspecified atom stereocenters. The first-order valence-corrected chi connectivity index (χ1v) is 6.85. The number of alkyl halides is 1. The molecule has 1 atom stereocenters. The van der Waals surface area contributed by atoms with Gasteiger partial charge in [0.15, 0.2) is 0 Å². The van der Waals surface area contributed by atoms with Crippen molar-refractivity contribution < 1.29 is 4.74 Å². The molecule has 1 aromatic carbocycles. The second-order valence-corrected chi connectivity index (χ2v) is 5.66. The highest BCUT2D eigenvalue weighted by Gasteiger charge is 2.15. The van der Waals surface area contributed by atoms with Crippen molar-refractivity contribution in [3.8, 4) is 5.75 Å². The predicted octanol–water partition coefficient (Wildman–Crippen LogP) is 5.35. The number of halogens is 3. The molecule has 4 heteroatoms. The standard InChI is InChI=1S/C11H13Br2ClO/c1-3-4-9(12)8-5-7(14)6-10(13)11(8)15-2/h5-6,9H,3-4H2,1-2H3. The van der Waals surface area contributed by atoms with Gasteiger partial charge in [-0.3, -0.25) is 0 Å². The summed E-state index contributed by atoms with van der Waals surface area (Å²) < 4.78 is 6.26. The Morgan fingerprint density at radius 1 is 1.47 bits per heavy atom. The Morgan fingerprint density at radius 3 is 2.67 bits per heavy atom. The fraction of sp³-hybridized carbons (Fsp3) is 0.455. The van der Waals surface area contributed by atoms with Gasteiger partial charge in [-0.05, 0) is 34.5 Å². The van der Waals surface area contributed by atoms with Crippen LogP contribution in [0.15, 0.2) is 16.6 Å². The molecule has 1 aromatic rings. The number of hydrogen-bond donors (Lipinski definition) is 0. The van der Waals surface area contributed by atoms with Crippen LogP contribution in [-0.2, 0) is 0 Å². The van der Waals surface area contributed by atoms with Gasteiger partial charge in [-0.2, -0.15) is 0 Å². The van der Waals surface area contributed by atoms with Crippen LogP contribution in [0.4, 0.5) is 0 Å². The zero-order valence-corrected chi connectivity index (χ0v) is 12.6. The van der Waals surface area contributed by atoms with Crippen molar-refractivity contribution in [3.63, 3.8) is 0 Å². The minimum atomic E-state index is 0.285. The first-order valence-electron chi connectivity index (χ1n) is 4.77. The first kappa shape index (κ1) is 13.3. The van der Waals surface area contributed by atoms with Crippen LogP contribution in [0.25, 0.3) is 0 Å². The van der Waals surface area contributed by atoms with Crippen molar-refractivity contribution >= 4 is 43.5 Å². The summed E-state index contributed by atoms with van der Waals surface area (Å²) in [6, 6.07) is 3.79. The van der Waals surface area contributed by atoms with Crippen LogP contribution in [0.5, 0.6) is 5.75 Å². The van der Waals surface area contributed by atoms with Gasteiger partial charge in [0.05, 0.1) is 11.6 Å². The monoisotopic (exact) mass is 354 g/mol. The third kappa shape index (κ3) is 3.36. The molecule has 0 aliphatic rings. The molecule has 0 heterocycles. The molecule has 0 amide bonds. The zero-order valence-electron chi connectivity index (χ0n) is 8.69. The minimum Gasteiger partial charge on any atom is -0.495 e. The van der Waals surface area contributed by atoms with Crippen LogP contribution in [-0.4, -0.2) is 7.11 Å². The molecule has 1 rings (SSSR count). The topological polar surface area (TPSA) is 9.23 Å². The van der Waals surface area contributed by atoms with Gasteiger partial charge in [0.2, 0.25) is 0 Å². The summed E-state index contributed by atoms with van der Waals surface area (Å²) in [7, 11) is 1.67. The molecular formula is C11H13Br2ClO. The summed E-state index contributed by atoms with van der Waals surface area (Å²) in [6.07, 6.45) is 2.17. The molecule has 0 bridgehead atoms. The van der Waals surface area contributed by atoms with E-state index in [0.717, 1.165) is 33.6 Å². The molecule has 15 heavy (non-hydrogen) atoms. The van der Waals surface area contributed by atoms with Crippen molar-refractivity contribution in [2.45, 2.75) is 24.6 Å². The molecule has 0 aliphatic heterocycles. The quantitative estimate of drug-likeness (QED) is 0.661. The van der Waals surface area contributed by atoms with E-state index in [1.165, 1.54) is 0 Å². The summed E-state index contributed by atoms with van der Waals surface area (Å²) in [4.78, 5) is 0.285. The Labute approximate surface area is 112 Å². The molecule has 1 nitrogen and oxygen atoms in total. The van der Waals surface area contributed by atoms with Crippen molar-refractivity contribution in [1.29, 1.82) is 0 Å². The summed E-state index contributed by atoms with van der Waals surface area (Å²) in [5.74, 6) is 0.856. The third-order valence-corrected chi connectivity index (χ3v) is 3.88. The first-order chi connectivity index (χ1) is 7.10. The maximum Gasteiger partial charge on any atom is 0.137 e. The highest BCUT2D eigenvalue weighted by Crippen LogP contribution is 2.40. The lowest BCUT2D eigenvalue weighted by molar-refractivity contribution is 0.406. The number of benzene rings is 1. The Bertz CT molecular complexity index is 342. The molecule has 0 aromatic heterocycles. The number of ether oxygens (including phenoxy) is 1. The van der Waals surface area contributed by atoms with Gasteiger partial charge in [-0.15, -0.1) is 0 Å². The van der Waals surface area contributed by atoms with E-state index in [-0.39, 0.29) is 4.83 Å². The second-order valence-electron chi connectivity index (χ2n) is 3.27. The number of rotatable bonds is 4. The predicted molar refractivity (Wildman–Crippen MR) is 72.3 cm³/mol. The molecule has 0 aliphatic carbocycles. The lowest BCUT2D eigenvalue weighted by Gasteiger charge is -2.15. The zero-order chi connectivity index (χ0) is 11.4. The van der Waals surface area contributed by atoms with Gasteiger partial charge in [-0.1, -0.05) is 40.9 Å². The maximum absolute atomic E-state index is 6.02. The fourth-order valence-electron chi connectivity index (χ4n) is 1.44. The summed E-state index contributed by atoms with van der Waals surface area (Å²) in [5.41, 5.74) is 1.10. The van der Waals surface area contributed by atoms with Gasteiger partial charge in [0, 0.05) is 15.4 Å². The van der Waals surface area contributed by atoms with Crippen LogP contribution in [0.3, 0.4) is 0 Å². The summed E-state index contributed by atoms with van der Waals surface area (Å²) in [6.45, 7) is 2.15. The van der Waals surface area contributed by atoms with Gasteiger partial charge < -0.3 is 4.74 Å². The highest BCUT2D eigenvalue weighted by molar-refractivity contribution is 9.10. The molecule has 0 fully saturated rings. The largest absolute Gasteiger partial charge is 0.495 e. The van der Waals surface area contributed by atoms with Gasteiger partial charge in [0.1, 0.15) is 5.75 Å². The van der Waals surface area contributed by atoms with Crippen LogP contribution in [0.1, 0.15) is 30.2 Å². The van der Waals surface area contributed by atoms with Gasteiger partial charge >= 0.3 is 0 Å². The van der Waals surface area contributed by atoms with Gasteiger partial charge in [-0.25, -0.2) is 0 Å². The molecule has 0 saturated carbocycles. The third-order valence-electron chi connectivity index (χ3n) is 2.12. The molecule has 0 spiro atoms. The van der Waals surface area contributed by atoms with E-state index < -0.39 is 0 Å². The van der Waals surface area contributed by atoms with Crippen LogP contribution < -0.4 is 4.74 Å². The number of hydrogen-bond acceptors (Lipinski definition) is 1. The molecular weight excluding hydrogens is 343 g/mol. The van der Waals surface area contributed by atoms with Crippen LogP contribution in [0, 0.1) is 0 Å². The second kappa shape index (κ2) is 6.12. The van der Waals surface area contributed by atoms with Gasteiger partial charge in [0.25, 0.3) is 0 Å². The number of methoxy groups -OCH3 is 1. The van der Waals surface area contributed by atoms with E-state index in [9.17, 15) is 0 Å². The summed E-state index contributed by atoms with van der Waals surface area (Å²) in [5, 5.41) is 0.721. The van der Waals surface area contributed by atoms with E-state index in [4.69, 9.17) is 16.3 Å². The van der Waals surface area contributed by atoms with E-state index in [0.29, 0.717) is 0 Å². The van der Waals surface area contributed by atoms with Crippen molar-refractivity contribution in [2.75, 3.05) is 7.11 Å². The maximum atomic E-state index is 6.02. The minimum absolute atomic E-state index is 0.285. The molecule has 84 valence electrons. The van der Waals surface area contributed by atoms with Crippen LogP contribution in [0.2, 0.25) is 5.02 Å². The Morgan fingerprint density at radius 2 is 2.13 bits per heavy atom. The lowest BCUT2D eigenvalue weighted by Crippen LogP contribution is -1.96. The average Bonchev–Trinajstić information content (AvgIpc) is 2.17.